The highest BCUT2D eigenvalue weighted by Crippen LogP contribution is 2.08. The van der Waals surface area contributed by atoms with Gasteiger partial charge in [-0.25, -0.2) is 9.97 Å². The van der Waals surface area contributed by atoms with Gasteiger partial charge in [-0.1, -0.05) is 13.3 Å². The molecule has 1 unspecified atom stereocenters. The molecule has 0 saturated heterocycles. The van der Waals surface area contributed by atoms with E-state index in [1.165, 1.54) is 0 Å². The number of anilines is 1. The highest BCUT2D eigenvalue weighted by molar-refractivity contribution is 5.35. The number of hydrogen-bond donors (Lipinski definition) is 2. The number of nitrogens with one attached hydrogen (secondary N) is 1. The van der Waals surface area contributed by atoms with Crippen LogP contribution >= 0.6 is 0 Å². The molecule has 1 atom stereocenters. The lowest BCUT2D eigenvalue weighted by atomic mass is 10.2. The molecule has 1 rings (SSSR count). The molecule has 0 aliphatic rings. The van der Waals surface area contributed by atoms with Crippen molar-refractivity contribution in [2.45, 2.75) is 39.2 Å². The average Bonchev–Trinajstić information content (AvgIpc) is 2.19. The quantitative estimate of drug-likeness (QED) is 0.747. The monoisotopic (exact) mass is 209 g/mol. The van der Waals surface area contributed by atoms with Gasteiger partial charge in [-0.2, -0.15) is 0 Å². The van der Waals surface area contributed by atoms with Crippen molar-refractivity contribution in [2.75, 3.05) is 11.9 Å². The van der Waals surface area contributed by atoms with Crippen molar-refractivity contribution in [3.05, 3.63) is 18.1 Å². The van der Waals surface area contributed by atoms with Crippen molar-refractivity contribution >= 4 is 5.82 Å². The van der Waals surface area contributed by atoms with Gasteiger partial charge in [0.2, 0.25) is 0 Å². The van der Waals surface area contributed by atoms with Gasteiger partial charge in [0, 0.05) is 24.4 Å². The summed E-state index contributed by atoms with van der Waals surface area (Å²) in [6, 6.07) is 2.21. The van der Waals surface area contributed by atoms with E-state index in [1.807, 2.05) is 13.0 Å². The molecule has 4 nitrogen and oxygen atoms in total. The number of aliphatic hydroxyl groups is 1. The van der Waals surface area contributed by atoms with Gasteiger partial charge in [0.1, 0.15) is 12.1 Å². The van der Waals surface area contributed by atoms with Crippen LogP contribution in [0.4, 0.5) is 5.82 Å². The van der Waals surface area contributed by atoms with Crippen LogP contribution in [0.25, 0.3) is 0 Å². The second kappa shape index (κ2) is 6.35. The molecule has 2 N–H and O–H groups in total. The van der Waals surface area contributed by atoms with Gasteiger partial charge in [0.25, 0.3) is 0 Å². The Labute approximate surface area is 90.8 Å². The molecular weight excluding hydrogens is 190 g/mol. The summed E-state index contributed by atoms with van der Waals surface area (Å²) in [6.07, 6.45) is 4.38. The highest BCUT2D eigenvalue weighted by Gasteiger charge is 2.03. The first-order valence-electron chi connectivity index (χ1n) is 5.44. The summed E-state index contributed by atoms with van der Waals surface area (Å²) >= 11 is 0. The van der Waals surface area contributed by atoms with Crippen molar-refractivity contribution in [2.24, 2.45) is 0 Å². The standard InChI is InChI=1S/C11H19N3O/c1-3-4-10-7-11(13-8-12-10)14-9(2)5-6-15/h7-9,15H,3-6H2,1-2H3,(H,12,13,14). The summed E-state index contributed by atoms with van der Waals surface area (Å²) in [6.45, 7) is 4.35. The van der Waals surface area contributed by atoms with Crippen molar-refractivity contribution in [3.63, 3.8) is 0 Å². The van der Waals surface area contributed by atoms with Gasteiger partial charge in [0.05, 0.1) is 0 Å². The minimum Gasteiger partial charge on any atom is -0.396 e. The number of aryl methyl sites for hydroxylation is 1. The number of hydrogen-bond acceptors (Lipinski definition) is 4. The van der Waals surface area contributed by atoms with Gasteiger partial charge in [-0.3, -0.25) is 0 Å². The van der Waals surface area contributed by atoms with Crippen LogP contribution in [-0.2, 0) is 6.42 Å². The Morgan fingerprint density at radius 3 is 2.93 bits per heavy atom. The van der Waals surface area contributed by atoms with Gasteiger partial charge in [0.15, 0.2) is 0 Å². The van der Waals surface area contributed by atoms with E-state index in [1.54, 1.807) is 6.33 Å². The first-order valence-corrected chi connectivity index (χ1v) is 5.44. The second-order valence-electron chi connectivity index (χ2n) is 3.70. The number of rotatable bonds is 6. The van der Waals surface area contributed by atoms with E-state index in [2.05, 4.69) is 22.2 Å². The molecule has 15 heavy (non-hydrogen) atoms. The molecule has 0 aromatic carbocycles. The molecule has 0 aliphatic heterocycles. The molecule has 0 fully saturated rings. The zero-order valence-electron chi connectivity index (χ0n) is 9.40. The zero-order valence-corrected chi connectivity index (χ0v) is 9.40. The van der Waals surface area contributed by atoms with Crippen LogP contribution in [0.15, 0.2) is 12.4 Å². The lowest BCUT2D eigenvalue weighted by Crippen LogP contribution is -2.17. The molecule has 84 valence electrons. The zero-order chi connectivity index (χ0) is 11.1. The number of aromatic nitrogens is 2. The predicted octanol–water partition coefficient (Wildman–Crippen LogP) is 1.61. The third-order valence-electron chi connectivity index (χ3n) is 2.19. The van der Waals surface area contributed by atoms with Crippen LogP contribution in [0.3, 0.4) is 0 Å². The molecule has 0 aliphatic carbocycles. The lowest BCUT2D eigenvalue weighted by molar-refractivity contribution is 0.282. The van der Waals surface area contributed by atoms with Gasteiger partial charge in [-0.15, -0.1) is 0 Å². The molecule has 0 radical (unpaired) electrons. The summed E-state index contributed by atoms with van der Waals surface area (Å²) in [5, 5.41) is 12.0. The summed E-state index contributed by atoms with van der Waals surface area (Å²) in [7, 11) is 0. The van der Waals surface area contributed by atoms with Crippen LogP contribution in [0.5, 0.6) is 0 Å². The topological polar surface area (TPSA) is 58.0 Å². The fraction of sp³-hybridized carbons (Fsp3) is 0.636. The molecule has 1 aromatic heterocycles. The summed E-state index contributed by atoms with van der Waals surface area (Å²) in [5.74, 6) is 0.842. The van der Waals surface area contributed by atoms with Crippen LogP contribution < -0.4 is 5.32 Å². The van der Waals surface area contributed by atoms with Gasteiger partial charge >= 0.3 is 0 Å². The third-order valence-corrected chi connectivity index (χ3v) is 2.19. The van der Waals surface area contributed by atoms with Crippen molar-refractivity contribution in [1.82, 2.24) is 9.97 Å². The van der Waals surface area contributed by atoms with E-state index < -0.39 is 0 Å². The maximum atomic E-state index is 8.78. The first kappa shape index (κ1) is 11.9. The number of nitrogens with zero attached hydrogens (tertiary/aromatic N) is 2. The maximum Gasteiger partial charge on any atom is 0.129 e. The molecule has 0 saturated carbocycles. The van der Waals surface area contributed by atoms with E-state index in [9.17, 15) is 0 Å². The van der Waals surface area contributed by atoms with Crippen molar-refractivity contribution in [3.8, 4) is 0 Å². The fourth-order valence-corrected chi connectivity index (χ4v) is 1.39. The predicted molar refractivity (Wildman–Crippen MR) is 60.8 cm³/mol. The molecular formula is C11H19N3O. The smallest absolute Gasteiger partial charge is 0.129 e. The van der Waals surface area contributed by atoms with Gasteiger partial charge < -0.3 is 10.4 Å². The molecule has 0 spiro atoms. The van der Waals surface area contributed by atoms with E-state index in [-0.39, 0.29) is 12.6 Å². The van der Waals surface area contributed by atoms with Crippen LogP contribution in [0.2, 0.25) is 0 Å². The highest BCUT2D eigenvalue weighted by atomic mass is 16.3. The van der Waals surface area contributed by atoms with Gasteiger partial charge in [-0.05, 0) is 19.8 Å². The minimum absolute atomic E-state index is 0.196. The van der Waals surface area contributed by atoms with E-state index in [4.69, 9.17) is 5.11 Å². The second-order valence-corrected chi connectivity index (χ2v) is 3.70. The first-order chi connectivity index (χ1) is 7.26. The molecule has 1 aromatic rings. The summed E-state index contributed by atoms with van der Waals surface area (Å²) in [5.41, 5.74) is 1.06. The SMILES string of the molecule is CCCc1cc(NC(C)CCO)ncn1. The average molecular weight is 209 g/mol. The Kier molecular flexibility index (Phi) is 5.04. The van der Waals surface area contributed by atoms with Crippen molar-refractivity contribution in [1.29, 1.82) is 0 Å². The van der Waals surface area contributed by atoms with E-state index >= 15 is 0 Å². The third kappa shape index (κ3) is 4.25. The normalized spacial score (nSPS) is 12.5. The maximum absolute atomic E-state index is 8.78. The Balaban J connectivity index is 2.56. The molecule has 0 bridgehead atoms. The Morgan fingerprint density at radius 2 is 2.27 bits per heavy atom. The van der Waals surface area contributed by atoms with Crippen LogP contribution in [0.1, 0.15) is 32.4 Å². The lowest BCUT2D eigenvalue weighted by Gasteiger charge is -2.13. The Hall–Kier alpha value is -1.16. The largest absolute Gasteiger partial charge is 0.396 e. The van der Waals surface area contributed by atoms with E-state index in [0.717, 1.165) is 30.8 Å². The number of aliphatic hydroxyl groups excluding tert-OH is 1. The Morgan fingerprint density at radius 1 is 1.47 bits per heavy atom. The summed E-state index contributed by atoms with van der Waals surface area (Å²) < 4.78 is 0. The molecule has 0 amide bonds. The van der Waals surface area contributed by atoms with Crippen LogP contribution in [0, 0.1) is 0 Å². The van der Waals surface area contributed by atoms with E-state index in [0.29, 0.717) is 0 Å². The van der Waals surface area contributed by atoms with Crippen molar-refractivity contribution < 1.29 is 5.11 Å². The summed E-state index contributed by atoms with van der Waals surface area (Å²) in [4.78, 5) is 8.32. The minimum atomic E-state index is 0.196. The van der Waals surface area contributed by atoms with Crippen LogP contribution in [-0.4, -0.2) is 27.7 Å². The fourth-order valence-electron chi connectivity index (χ4n) is 1.39. The molecule has 1 heterocycles. The molecule has 4 heteroatoms. The Bertz CT molecular complexity index is 291.